The van der Waals surface area contributed by atoms with Gasteiger partial charge in [-0.3, -0.25) is 4.79 Å². The lowest BCUT2D eigenvalue weighted by molar-refractivity contribution is 0.102. The van der Waals surface area contributed by atoms with Crippen LogP contribution in [0, 0.1) is 0 Å². The molecule has 0 aliphatic rings. The summed E-state index contributed by atoms with van der Waals surface area (Å²) in [6.45, 7) is 0.244. The molecule has 0 bridgehead atoms. The molecule has 0 fully saturated rings. The second-order valence-electron chi connectivity index (χ2n) is 5.40. The van der Waals surface area contributed by atoms with Crippen molar-refractivity contribution < 1.29 is 9.53 Å². The molecule has 1 aromatic heterocycles. The predicted octanol–water partition coefficient (Wildman–Crippen LogP) is 4.79. The summed E-state index contributed by atoms with van der Waals surface area (Å²) in [5.41, 5.74) is 0.671. The van der Waals surface area contributed by atoms with E-state index in [1.165, 1.54) is 11.8 Å². The Balaban J connectivity index is 1.59. The summed E-state index contributed by atoms with van der Waals surface area (Å²) < 4.78 is 8.45. The van der Waals surface area contributed by atoms with E-state index in [2.05, 4.69) is 26.1 Å². The maximum atomic E-state index is 12.3. The first-order valence-electron chi connectivity index (χ1n) is 7.72. The molecular weight excluding hydrogens is 438 g/mol. The molecular formula is C18H15BrClN3O2S. The quantitative estimate of drug-likeness (QED) is 0.381. The fourth-order valence-corrected chi connectivity index (χ4v) is 3.43. The third-order valence-corrected chi connectivity index (χ3v) is 5.48. The molecule has 0 spiro atoms. The van der Waals surface area contributed by atoms with Gasteiger partial charge in [0.15, 0.2) is 16.8 Å². The first-order chi connectivity index (χ1) is 12.5. The number of para-hydroxylation sites is 1. The van der Waals surface area contributed by atoms with Gasteiger partial charge in [-0.1, -0.05) is 63.6 Å². The van der Waals surface area contributed by atoms with Gasteiger partial charge < -0.3 is 9.30 Å². The number of hydrogen-bond acceptors (Lipinski definition) is 5. The van der Waals surface area contributed by atoms with E-state index in [1.54, 1.807) is 24.3 Å². The Kier molecular flexibility index (Phi) is 6.34. The van der Waals surface area contributed by atoms with Crippen molar-refractivity contribution in [3.8, 4) is 5.75 Å². The number of rotatable bonds is 7. The first kappa shape index (κ1) is 18.9. The molecule has 0 radical (unpaired) electrons. The summed E-state index contributed by atoms with van der Waals surface area (Å²) >= 11 is 10.8. The SMILES string of the molecule is Cn1c(COc2ccccc2Cl)nnc1SCC(=O)c1ccc(Br)cc1. The van der Waals surface area contributed by atoms with Crippen LogP contribution in [0.5, 0.6) is 5.75 Å². The summed E-state index contributed by atoms with van der Waals surface area (Å²) in [4.78, 5) is 12.3. The van der Waals surface area contributed by atoms with E-state index in [1.807, 2.05) is 35.9 Å². The number of benzene rings is 2. The fourth-order valence-electron chi connectivity index (χ4n) is 2.15. The zero-order chi connectivity index (χ0) is 18.5. The number of carbonyl (C=O) groups is 1. The summed E-state index contributed by atoms with van der Waals surface area (Å²) in [6, 6.07) is 14.6. The Morgan fingerprint density at radius 1 is 1.19 bits per heavy atom. The van der Waals surface area contributed by atoms with Gasteiger partial charge >= 0.3 is 0 Å². The molecule has 0 aliphatic heterocycles. The van der Waals surface area contributed by atoms with Crippen LogP contribution in [0.2, 0.25) is 5.02 Å². The van der Waals surface area contributed by atoms with E-state index in [0.29, 0.717) is 33.1 Å². The number of ether oxygens (including phenoxy) is 1. The van der Waals surface area contributed by atoms with E-state index in [4.69, 9.17) is 16.3 Å². The molecule has 0 aliphatic carbocycles. The number of Topliss-reactive ketones (excluding diaryl/α,β-unsaturated/α-hetero) is 1. The van der Waals surface area contributed by atoms with Crippen molar-refractivity contribution >= 4 is 45.1 Å². The number of hydrogen-bond donors (Lipinski definition) is 0. The monoisotopic (exact) mass is 451 g/mol. The van der Waals surface area contributed by atoms with Gasteiger partial charge in [-0.05, 0) is 24.3 Å². The highest BCUT2D eigenvalue weighted by atomic mass is 79.9. The summed E-state index contributed by atoms with van der Waals surface area (Å²) in [7, 11) is 1.84. The van der Waals surface area contributed by atoms with Crippen LogP contribution in [0.25, 0.3) is 0 Å². The molecule has 8 heteroatoms. The maximum absolute atomic E-state index is 12.3. The Morgan fingerprint density at radius 3 is 2.65 bits per heavy atom. The minimum absolute atomic E-state index is 0.0411. The van der Waals surface area contributed by atoms with Crippen molar-refractivity contribution in [1.82, 2.24) is 14.8 Å². The molecule has 0 saturated carbocycles. The van der Waals surface area contributed by atoms with Gasteiger partial charge in [-0.2, -0.15) is 0 Å². The lowest BCUT2D eigenvalue weighted by Gasteiger charge is -2.07. The van der Waals surface area contributed by atoms with Crippen molar-refractivity contribution in [3.05, 3.63) is 69.4 Å². The Hall–Kier alpha value is -1.83. The molecule has 1 heterocycles. The standard InChI is InChI=1S/C18H15BrClN3O2S/c1-23-17(10-25-16-5-3-2-4-14(16)20)21-22-18(23)26-11-15(24)12-6-8-13(19)9-7-12/h2-9H,10-11H2,1H3. The molecule has 0 saturated heterocycles. The van der Waals surface area contributed by atoms with Crippen molar-refractivity contribution in [3.63, 3.8) is 0 Å². The minimum atomic E-state index is 0.0411. The molecule has 0 atom stereocenters. The van der Waals surface area contributed by atoms with E-state index < -0.39 is 0 Å². The molecule has 2 aromatic carbocycles. The number of nitrogens with zero attached hydrogens (tertiary/aromatic N) is 3. The fraction of sp³-hybridized carbons (Fsp3) is 0.167. The third kappa shape index (κ3) is 4.66. The van der Waals surface area contributed by atoms with Crippen LogP contribution in [-0.4, -0.2) is 26.3 Å². The Bertz CT molecular complexity index is 915. The molecule has 3 aromatic rings. The average Bonchev–Trinajstić information content (AvgIpc) is 2.99. The van der Waals surface area contributed by atoms with Crippen LogP contribution in [0.1, 0.15) is 16.2 Å². The Morgan fingerprint density at radius 2 is 1.92 bits per heavy atom. The van der Waals surface area contributed by atoms with Gasteiger partial charge in [0.1, 0.15) is 12.4 Å². The maximum Gasteiger partial charge on any atom is 0.191 e. The lowest BCUT2D eigenvalue weighted by Crippen LogP contribution is -2.06. The molecule has 0 unspecified atom stereocenters. The van der Waals surface area contributed by atoms with Crippen LogP contribution in [0.15, 0.2) is 58.2 Å². The van der Waals surface area contributed by atoms with Crippen molar-refractivity contribution in [2.75, 3.05) is 5.75 Å². The largest absolute Gasteiger partial charge is 0.484 e. The minimum Gasteiger partial charge on any atom is -0.484 e. The summed E-state index contributed by atoms with van der Waals surface area (Å²) in [5, 5.41) is 9.47. The highest BCUT2D eigenvalue weighted by Crippen LogP contribution is 2.24. The molecule has 5 nitrogen and oxygen atoms in total. The van der Waals surface area contributed by atoms with Crippen LogP contribution >= 0.6 is 39.3 Å². The van der Waals surface area contributed by atoms with E-state index >= 15 is 0 Å². The summed E-state index contributed by atoms with van der Waals surface area (Å²) in [6.07, 6.45) is 0. The smallest absolute Gasteiger partial charge is 0.191 e. The number of ketones is 1. The van der Waals surface area contributed by atoms with Crippen LogP contribution in [0.3, 0.4) is 0 Å². The first-order valence-corrected chi connectivity index (χ1v) is 9.87. The topological polar surface area (TPSA) is 57.0 Å². The second-order valence-corrected chi connectivity index (χ2v) is 7.66. The second kappa shape index (κ2) is 8.70. The van der Waals surface area contributed by atoms with E-state index in [0.717, 1.165) is 4.47 Å². The predicted molar refractivity (Wildman–Crippen MR) is 106 cm³/mol. The van der Waals surface area contributed by atoms with Crippen molar-refractivity contribution in [1.29, 1.82) is 0 Å². The lowest BCUT2D eigenvalue weighted by atomic mass is 10.2. The number of halogens is 2. The summed E-state index contributed by atoms with van der Waals surface area (Å²) in [5.74, 6) is 1.58. The highest BCUT2D eigenvalue weighted by molar-refractivity contribution is 9.10. The zero-order valence-corrected chi connectivity index (χ0v) is 17.0. The van der Waals surface area contributed by atoms with Gasteiger partial charge in [-0.25, -0.2) is 0 Å². The van der Waals surface area contributed by atoms with Crippen LogP contribution < -0.4 is 4.74 Å². The van der Waals surface area contributed by atoms with Gasteiger partial charge in [0.2, 0.25) is 0 Å². The average molecular weight is 453 g/mol. The number of carbonyl (C=O) groups excluding carboxylic acids is 1. The van der Waals surface area contributed by atoms with Gasteiger partial charge in [-0.15, -0.1) is 10.2 Å². The normalized spacial score (nSPS) is 10.7. The highest BCUT2D eigenvalue weighted by Gasteiger charge is 2.13. The number of thioether (sulfide) groups is 1. The van der Waals surface area contributed by atoms with Crippen molar-refractivity contribution in [2.45, 2.75) is 11.8 Å². The van der Waals surface area contributed by atoms with Crippen LogP contribution in [0.4, 0.5) is 0 Å². The Labute approximate surface area is 168 Å². The van der Waals surface area contributed by atoms with Gasteiger partial charge in [0.25, 0.3) is 0 Å². The number of aromatic nitrogens is 3. The third-order valence-electron chi connectivity index (χ3n) is 3.62. The molecule has 134 valence electrons. The van der Waals surface area contributed by atoms with E-state index in [-0.39, 0.29) is 12.4 Å². The van der Waals surface area contributed by atoms with E-state index in [9.17, 15) is 4.79 Å². The van der Waals surface area contributed by atoms with Gasteiger partial charge in [0, 0.05) is 17.1 Å². The van der Waals surface area contributed by atoms with Crippen LogP contribution in [-0.2, 0) is 13.7 Å². The van der Waals surface area contributed by atoms with Crippen molar-refractivity contribution in [2.24, 2.45) is 7.05 Å². The molecule has 0 amide bonds. The molecule has 0 N–H and O–H groups in total. The molecule has 26 heavy (non-hydrogen) atoms. The molecule has 3 rings (SSSR count). The zero-order valence-electron chi connectivity index (χ0n) is 13.9. The van der Waals surface area contributed by atoms with Gasteiger partial charge in [0.05, 0.1) is 10.8 Å².